The molecule has 0 fully saturated rings. The molecule has 50 valence electrons. The minimum absolute atomic E-state index is 0.877. The van der Waals surface area contributed by atoms with Gasteiger partial charge in [-0.15, -0.1) is 0 Å². The minimum Gasteiger partial charge on any atom is -0.197 e. The average Bonchev–Trinajstić information content (AvgIpc) is 2.36. The molecule has 1 N–H and O–H groups in total. The number of hydrogen-bond donors (Lipinski definition) is 1. The first kappa shape index (κ1) is 5.85. The van der Waals surface area contributed by atoms with Crippen molar-refractivity contribution in [3.8, 4) is 0 Å². The van der Waals surface area contributed by atoms with E-state index in [4.69, 9.17) is 0 Å². The van der Waals surface area contributed by atoms with Gasteiger partial charge in [0.1, 0.15) is 11.0 Å². The van der Waals surface area contributed by atoms with Crippen molar-refractivity contribution in [1.82, 2.24) is 15.4 Å². The van der Waals surface area contributed by atoms with Gasteiger partial charge < -0.3 is 0 Å². The molecule has 1 heterocycles. The Bertz CT molecular complexity index is 355. The molecule has 0 spiro atoms. The van der Waals surface area contributed by atoms with Crippen molar-refractivity contribution in [2.45, 2.75) is 0 Å². The van der Waals surface area contributed by atoms with Crippen LogP contribution < -0.4 is 0 Å². The highest BCUT2D eigenvalue weighted by atomic mass is 79.9. The molecule has 0 unspecified atom stereocenters. The fourth-order valence-electron chi connectivity index (χ4n) is 0.834. The van der Waals surface area contributed by atoms with E-state index in [0.717, 1.165) is 15.5 Å². The summed E-state index contributed by atoms with van der Waals surface area (Å²) in [6.07, 6.45) is 0. The molecule has 0 aliphatic heterocycles. The second kappa shape index (κ2) is 2.05. The summed E-state index contributed by atoms with van der Waals surface area (Å²) in [6, 6.07) is 5.77. The van der Waals surface area contributed by atoms with Crippen molar-refractivity contribution in [2.24, 2.45) is 0 Å². The van der Waals surface area contributed by atoms with Gasteiger partial charge in [0.2, 0.25) is 0 Å². The van der Waals surface area contributed by atoms with Crippen LogP contribution in [-0.2, 0) is 0 Å². The summed E-state index contributed by atoms with van der Waals surface area (Å²) < 4.78 is 0.971. The van der Waals surface area contributed by atoms with Crippen LogP contribution in [0.5, 0.6) is 0 Å². The van der Waals surface area contributed by atoms with E-state index in [1.165, 1.54) is 0 Å². The Hall–Kier alpha value is -0.900. The van der Waals surface area contributed by atoms with Crippen LogP contribution >= 0.6 is 15.9 Å². The largest absolute Gasteiger partial charge is 0.197 e. The van der Waals surface area contributed by atoms with Gasteiger partial charge in [-0.2, -0.15) is 15.4 Å². The zero-order valence-electron chi connectivity index (χ0n) is 5.00. The third kappa shape index (κ3) is 0.724. The highest BCUT2D eigenvalue weighted by Crippen LogP contribution is 2.18. The Morgan fingerprint density at radius 1 is 1.30 bits per heavy atom. The van der Waals surface area contributed by atoms with E-state index in [1.54, 1.807) is 0 Å². The maximum Gasteiger partial charge on any atom is 0.127 e. The van der Waals surface area contributed by atoms with Crippen LogP contribution in [0.1, 0.15) is 0 Å². The van der Waals surface area contributed by atoms with Crippen LogP contribution in [0.3, 0.4) is 0 Å². The standard InChI is InChI=1S/C6H4BrN3/c7-4-2-1-3-5-6(4)9-10-8-5/h1-3H,(H,8,9,10). The van der Waals surface area contributed by atoms with Gasteiger partial charge in [-0.3, -0.25) is 0 Å². The lowest BCUT2D eigenvalue weighted by atomic mass is 10.3. The van der Waals surface area contributed by atoms with Crippen molar-refractivity contribution < 1.29 is 0 Å². The monoisotopic (exact) mass is 197 g/mol. The van der Waals surface area contributed by atoms with Gasteiger partial charge in [0.05, 0.1) is 0 Å². The molecule has 3 nitrogen and oxygen atoms in total. The van der Waals surface area contributed by atoms with Crippen molar-refractivity contribution in [2.75, 3.05) is 0 Å². The molecule has 0 saturated heterocycles. The van der Waals surface area contributed by atoms with Gasteiger partial charge in [-0.1, -0.05) is 6.07 Å². The predicted molar refractivity (Wildman–Crippen MR) is 41.6 cm³/mol. The Labute approximate surface area is 65.6 Å². The van der Waals surface area contributed by atoms with Crippen LogP contribution in [0.25, 0.3) is 11.0 Å². The van der Waals surface area contributed by atoms with Crippen molar-refractivity contribution in [1.29, 1.82) is 0 Å². The summed E-state index contributed by atoms with van der Waals surface area (Å²) >= 11 is 3.35. The van der Waals surface area contributed by atoms with Gasteiger partial charge in [0, 0.05) is 4.47 Å². The summed E-state index contributed by atoms with van der Waals surface area (Å²) in [5.41, 5.74) is 1.76. The quantitative estimate of drug-likeness (QED) is 0.700. The number of fused-ring (bicyclic) bond motifs is 1. The number of halogens is 1. The van der Waals surface area contributed by atoms with Crippen molar-refractivity contribution >= 4 is 27.0 Å². The summed E-state index contributed by atoms with van der Waals surface area (Å²) in [7, 11) is 0. The highest BCUT2D eigenvalue weighted by molar-refractivity contribution is 9.10. The molecule has 0 saturated carbocycles. The molecule has 0 atom stereocenters. The molecule has 1 aromatic carbocycles. The van der Waals surface area contributed by atoms with Crippen molar-refractivity contribution in [3.05, 3.63) is 22.7 Å². The molecular weight excluding hydrogens is 194 g/mol. The molecule has 0 aliphatic rings. The van der Waals surface area contributed by atoms with Gasteiger partial charge in [-0.05, 0) is 28.1 Å². The predicted octanol–water partition coefficient (Wildman–Crippen LogP) is 1.72. The fourth-order valence-corrected chi connectivity index (χ4v) is 1.28. The van der Waals surface area contributed by atoms with E-state index in [1.807, 2.05) is 18.2 Å². The lowest BCUT2D eigenvalue weighted by Crippen LogP contribution is -1.69. The number of aromatic amines is 1. The van der Waals surface area contributed by atoms with Crippen LogP contribution in [0.15, 0.2) is 22.7 Å². The minimum atomic E-state index is 0.877. The maximum absolute atomic E-state index is 3.94. The Morgan fingerprint density at radius 3 is 3.00 bits per heavy atom. The number of nitrogens with zero attached hydrogens (tertiary/aromatic N) is 2. The average molecular weight is 198 g/mol. The maximum atomic E-state index is 3.94. The first-order chi connectivity index (χ1) is 4.88. The molecule has 0 bridgehead atoms. The van der Waals surface area contributed by atoms with Crippen LogP contribution in [-0.4, -0.2) is 15.4 Å². The van der Waals surface area contributed by atoms with E-state index in [-0.39, 0.29) is 0 Å². The zero-order chi connectivity index (χ0) is 6.97. The third-order valence-electron chi connectivity index (χ3n) is 1.30. The lowest BCUT2D eigenvalue weighted by molar-refractivity contribution is 0.959. The van der Waals surface area contributed by atoms with Crippen LogP contribution in [0.4, 0.5) is 0 Å². The second-order valence-corrected chi connectivity index (χ2v) is 2.79. The topological polar surface area (TPSA) is 41.6 Å². The van der Waals surface area contributed by atoms with E-state index in [0.29, 0.717) is 0 Å². The first-order valence-electron chi connectivity index (χ1n) is 2.83. The number of aromatic nitrogens is 3. The third-order valence-corrected chi connectivity index (χ3v) is 1.94. The van der Waals surface area contributed by atoms with Gasteiger partial charge in [0.25, 0.3) is 0 Å². The van der Waals surface area contributed by atoms with E-state index < -0.39 is 0 Å². The zero-order valence-corrected chi connectivity index (χ0v) is 6.59. The fraction of sp³-hybridized carbons (Fsp3) is 0. The molecule has 1 aromatic heterocycles. The Balaban J connectivity index is 2.95. The highest BCUT2D eigenvalue weighted by Gasteiger charge is 1.98. The molecule has 0 radical (unpaired) electrons. The molecule has 4 heteroatoms. The normalized spacial score (nSPS) is 10.5. The number of benzene rings is 1. The van der Waals surface area contributed by atoms with Gasteiger partial charge >= 0.3 is 0 Å². The van der Waals surface area contributed by atoms with Crippen molar-refractivity contribution in [3.63, 3.8) is 0 Å². The number of nitrogens with one attached hydrogen (secondary N) is 1. The summed E-state index contributed by atoms with van der Waals surface area (Å²) in [6.45, 7) is 0. The smallest absolute Gasteiger partial charge is 0.127 e. The summed E-state index contributed by atoms with van der Waals surface area (Å²) in [5, 5.41) is 10.4. The number of hydrogen-bond acceptors (Lipinski definition) is 2. The van der Waals surface area contributed by atoms with Crippen LogP contribution in [0, 0.1) is 0 Å². The number of H-pyrrole nitrogens is 1. The second-order valence-electron chi connectivity index (χ2n) is 1.93. The van der Waals surface area contributed by atoms with Gasteiger partial charge in [0.15, 0.2) is 0 Å². The first-order valence-corrected chi connectivity index (χ1v) is 3.62. The van der Waals surface area contributed by atoms with E-state index in [2.05, 4.69) is 31.3 Å². The van der Waals surface area contributed by atoms with Crippen LogP contribution in [0.2, 0.25) is 0 Å². The Morgan fingerprint density at radius 2 is 2.20 bits per heavy atom. The number of para-hydroxylation sites is 1. The number of rotatable bonds is 0. The molecule has 0 aliphatic carbocycles. The van der Waals surface area contributed by atoms with E-state index >= 15 is 0 Å². The molecule has 10 heavy (non-hydrogen) atoms. The van der Waals surface area contributed by atoms with Gasteiger partial charge in [-0.25, -0.2) is 0 Å². The Kier molecular flexibility index (Phi) is 1.20. The molecular formula is C6H4BrN3. The summed E-state index contributed by atoms with van der Waals surface area (Å²) in [4.78, 5) is 0. The molecule has 2 rings (SSSR count). The molecule has 2 aromatic rings. The molecule has 0 amide bonds. The summed E-state index contributed by atoms with van der Waals surface area (Å²) in [5.74, 6) is 0. The van der Waals surface area contributed by atoms with E-state index in [9.17, 15) is 0 Å². The lowest BCUT2D eigenvalue weighted by Gasteiger charge is -1.86. The SMILES string of the molecule is Brc1cccc2n[nH]nc12.